The first kappa shape index (κ1) is 15.4. The van der Waals surface area contributed by atoms with E-state index < -0.39 is 11.6 Å². The van der Waals surface area contributed by atoms with E-state index in [0.29, 0.717) is 12.1 Å². The predicted molar refractivity (Wildman–Crippen MR) is 79.6 cm³/mol. The van der Waals surface area contributed by atoms with Gasteiger partial charge in [-0.05, 0) is 43.7 Å². The lowest BCUT2D eigenvalue weighted by Gasteiger charge is -2.13. The molecule has 2 nitrogen and oxygen atoms in total. The van der Waals surface area contributed by atoms with Crippen molar-refractivity contribution in [3.05, 3.63) is 59.2 Å². The van der Waals surface area contributed by atoms with E-state index in [1.54, 1.807) is 24.3 Å². The Morgan fingerprint density at radius 2 is 1.90 bits per heavy atom. The number of halogens is 2. The highest BCUT2D eigenvalue weighted by atomic mass is 19.1. The zero-order valence-electron chi connectivity index (χ0n) is 12.2. The minimum Gasteiger partial charge on any atom is -0.451 e. The molecule has 2 rings (SSSR count). The number of para-hydroxylation sites is 1. The lowest BCUT2D eigenvalue weighted by Crippen LogP contribution is -2.14. The number of hydrogen-bond donors (Lipinski definition) is 1. The Labute approximate surface area is 123 Å². The minimum atomic E-state index is -0.503. The van der Waals surface area contributed by atoms with Crippen LogP contribution in [0, 0.1) is 18.6 Å². The molecule has 0 radical (unpaired) electrons. The molecule has 4 heteroatoms. The molecule has 0 amide bonds. The summed E-state index contributed by atoms with van der Waals surface area (Å²) < 4.78 is 33.3. The fourth-order valence-corrected chi connectivity index (χ4v) is 2.01. The molecule has 0 aliphatic rings. The van der Waals surface area contributed by atoms with Crippen LogP contribution in [0.4, 0.5) is 8.78 Å². The monoisotopic (exact) mass is 291 g/mol. The second-order valence-corrected chi connectivity index (χ2v) is 4.94. The van der Waals surface area contributed by atoms with E-state index in [9.17, 15) is 8.78 Å². The van der Waals surface area contributed by atoms with Gasteiger partial charge in [0.25, 0.3) is 0 Å². The molecule has 0 aliphatic heterocycles. The Hall–Kier alpha value is -1.94. The van der Waals surface area contributed by atoms with Gasteiger partial charge in [-0.2, -0.15) is 0 Å². The molecule has 0 unspecified atom stereocenters. The van der Waals surface area contributed by atoms with E-state index in [-0.39, 0.29) is 11.5 Å². The van der Waals surface area contributed by atoms with E-state index in [1.807, 2.05) is 6.92 Å². The Bertz CT molecular complexity index is 614. The number of hydrogen-bond acceptors (Lipinski definition) is 2. The van der Waals surface area contributed by atoms with Gasteiger partial charge in [-0.15, -0.1) is 0 Å². The van der Waals surface area contributed by atoms with Gasteiger partial charge in [0.05, 0.1) is 0 Å². The van der Waals surface area contributed by atoms with Crippen LogP contribution < -0.4 is 10.1 Å². The van der Waals surface area contributed by atoms with Gasteiger partial charge in [0, 0.05) is 12.1 Å². The molecule has 0 atom stereocenters. The van der Waals surface area contributed by atoms with Gasteiger partial charge >= 0.3 is 0 Å². The van der Waals surface area contributed by atoms with Gasteiger partial charge in [-0.25, -0.2) is 8.78 Å². The van der Waals surface area contributed by atoms with Crippen molar-refractivity contribution in [3.63, 3.8) is 0 Å². The summed E-state index contributed by atoms with van der Waals surface area (Å²) in [5, 5.41) is 3.19. The van der Waals surface area contributed by atoms with E-state index in [1.165, 1.54) is 12.1 Å². The van der Waals surface area contributed by atoms with Crippen molar-refractivity contribution in [2.75, 3.05) is 6.54 Å². The first-order valence-electron chi connectivity index (χ1n) is 7.04. The van der Waals surface area contributed by atoms with Crippen LogP contribution in [0.25, 0.3) is 0 Å². The molecule has 0 bridgehead atoms. The van der Waals surface area contributed by atoms with Crippen molar-refractivity contribution >= 4 is 0 Å². The second kappa shape index (κ2) is 7.18. The molecular weight excluding hydrogens is 272 g/mol. The van der Waals surface area contributed by atoms with Gasteiger partial charge in [0.1, 0.15) is 0 Å². The molecule has 0 fully saturated rings. The largest absolute Gasteiger partial charge is 0.451 e. The Kier molecular flexibility index (Phi) is 5.28. The molecule has 21 heavy (non-hydrogen) atoms. The summed E-state index contributed by atoms with van der Waals surface area (Å²) in [5.74, 6) is -0.884. The summed E-state index contributed by atoms with van der Waals surface area (Å²) in [6.45, 7) is 5.19. The average Bonchev–Trinajstić information content (AvgIpc) is 2.46. The summed E-state index contributed by atoms with van der Waals surface area (Å²) in [7, 11) is 0. The molecule has 0 aliphatic carbocycles. The molecule has 112 valence electrons. The van der Waals surface area contributed by atoms with Gasteiger partial charge in [0.2, 0.25) is 0 Å². The number of ether oxygens (including phenoxy) is 1. The van der Waals surface area contributed by atoms with Crippen molar-refractivity contribution in [2.45, 2.75) is 26.8 Å². The SMILES string of the molecule is CCCNCc1cccc(F)c1Oc1cc(C)ccc1F. The van der Waals surface area contributed by atoms with Crippen LogP contribution in [0.1, 0.15) is 24.5 Å². The van der Waals surface area contributed by atoms with Crippen molar-refractivity contribution < 1.29 is 13.5 Å². The summed E-state index contributed by atoms with van der Waals surface area (Å²) in [4.78, 5) is 0. The van der Waals surface area contributed by atoms with E-state index in [2.05, 4.69) is 12.2 Å². The molecule has 0 saturated heterocycles. The molecule has 0 heterocycles. The van der Waals surface area contributed by atoms with E-state index in [4.69, 9.17) is 4.74 Å². The Morgan fingerprint density at radius 3 is 2.67 bits per heavy atom. The highest BCUT2D eigenvalue weighted by molar-refractivity contribution is 5.40. The minimum absolute atomic E-state index is 0.0387. The van der Waals surface area contributed by atoms with Crippen LogP contribution in [0.5, 0.6) is 11.5 Å². The van der Waals surface area contributed by atoms with Crippen LogP contribution in [0.3, 0.4) is 0 Å². The molecule has 2 aromatic carbocycles. The van der Waals surface area contributed by atoms with Crippen LogP contribution in [-0.2, 0) is 6.54 Å². The van der Waals surface area contributed by atoms with Gasteiger partial charge < -0.3 is 10.1 Å². The maximum Gasteiger partial charge on any atom is 0.167 e. The summed E-state index contributed by atoms with van der Waals surface area (Å²) in [5.41, 5.74) is 1.53. The van der Waals surface area contributed by atoms with Crippen LogP contribution in [-0.4, -0.2) is 6.54 Å². The number of nitrogens with one attached hydrogen (secondary N) is 1. The lowest BCUT2D eigenvalue weighted by atomic mass is 10.2. The zero-order valence-corrected chi connectivity index (χ0v) is 12.2. The number of benzene rings is 2. The van der Waals surface area contributed by atoms with E-state index in [0.717, 1.165) is 18.5 Å². The standard InChI is InChI=1S/C17H19F2NO/c1-3-9-20-11-13-5-4-6-15(19)17(13)21-16-10-12(2)7-8-14(16)18/h4-8,10,20H,3,9,11H2,1-2H3. The third-order valence-electron chi connectivity index (χ3n) is 3.09. The summed E-state index contributed by atoms with van der Waals surface area (Å²) in [6.07, 6.45) is 0.984. The molecular formula is C17H19F2NO. The molecule has 2 aromatic rings. The second-order valence-electron chi connectivity index (χ2n) is 4.94. The third kappa shape index (κ3) is 4.02. The Morgan fingerprint density at radius 1 is 1.10 bits per heavy atom. The topological polar surface area (TPSA) is 21.3 Å². The molecule has 0 spiro atoms. The quantitative estimate of drug-likeness (QED) is 0.787. The zero-order chi connectivity index (χ0) is 15.2. The normalized spacial score (nSPS) is 10.7. The van der Waals surface area contributed by atoms with Crippen molar-refractivity contribution in [3.8, 4) is 11.5 Å². The molecule has 0 aromatic heterocycles. The summed E-state index contributed by atoms with van der Waals surface area (Å²) >= 11 is 0. The van der Waals surface area contributed by atoms with E-state index >= 15 is 0 Å². The number of aryl methyl sites for hydroxylation is 1. The summed E-state index contributed by atoms with van der Waals surface area (Å²) in [6, 6.07) is 9.23. The fourth-order valence-electron chi connectivity index (χ4n) is 2.01. The molecule has 1 N–H and O–H groups in total. The molecule has 0 saturated carbocycles. The van der Waals surface area contributed by atoms with Crippen molar-refractivity contribution in [1.82, 2.24) is 5.32 Å². The fraction of sp³-hybridized carbons (Fsp3) is 0.294. The van der Waals surface area contributed by atoms with Gasteiger partial charge in [0.15, 0.2) is 23.1 Å². The van der Waals surface area contributed by atoms with Gasteiger partial charge in [-0.1, -0.05) is 25.1 Å². The maximum absolute atomic E-state index is 14.0. The third-order valence-corrected chi connectivity index (χ3v) is 3.09. The highest BCUT2D eigenvalue weighted by Gasteiger charge is 2.13. The predicted octanol–water partition coefficient (Wildman–Crippen LogP) is 4.57. The van der Waals surface area contributed by atoms with Crippen LogP contribution in [0.15, 0.2) is 36.4 Å². The van der Waals surface area contributed by atoms with Crippen molar-refractivity contribution in [2.24, 2.45) is 0 Å². The highest BCUT2D eigenvalue weighted by Crippen LogP contribution is 2.30. The van der Waals surface area contributed by atoms with Crippen LogP contribution in [0.2, 0.25) is 0 Å². The lowest BCUT2D eigenvalue weighted by molar-refractivity contribution is 0.407. The first-order valence-corrected chi connectivity index (χ1v) is 7.04. The first-order chi connectivity index (χ1) is 10.1. The number of rotatable bonds is 6. The van der Waals surface area contributed by atoms with Crippen LogP contribution >= 0.6 is 0 Å². The van der Waals surface area contributed by atoms with Crippen molar-refractivity contribution in [1.29, 1.82) is 0 Å². The average molecular weight is 291 g/mol. The Balaban J connectivity index is 2.27. The maximum atomic E-state index is 14.0. The van der Waals surface area contributed by atoms with Gasteiger partial charge in [-0.3, -0.25) is 0 Å². The smallest absolute Gasteiger partial charge is 0.167 e.